The van der Waals surface area contributed by atoms with E-state index >= 15 is 0 Å². The van der Waals surface area contributed by atoms with E-state index in [0.29, 0.717) is 6.04 Å². The monoisotopic (exact) mass is 175 g/mol. The van der Waals surface area contributed by atoms with Crippen LogP contribution >= 0.6 is 11.6 Å². The van der Waals surface area contributed by atoms with Crippen LogP contribution in [-0.2, 0) is 0 Å². The highest BCUT2D eigenvalue weighted by Gasteiger charge is 2.25. The molecule has 0 bridgehead atoms. The fraction of sp³-hybridized carbons (Fsp3) is 1.00. The lowest BCUT2D eigenvalue weighted by Gasteiger charge is -2.27. The molecule has 1 rings (SSSR count). The molecular weight excluding hydrogens is 158 g/mol. The topological polar surface area (TPSA) is 3.24 Å². The summed E-state index contributed by atoms with van der Waals surface area (Å²) in [7, 11) is 4.26. The van der Waals surface area contributed by atoms with Gasteiger partial charge in [0.1, 0.15) is 0 Å². The van der Waals surface area contributed by atoms with Crippen molar-refractivity contribution < 1.29 is 0 Å². The molecule has 66 valence electrons. The molecule has 0 aromatic rings. The van der Waals surface area contributed by atoms with Gasteiger partial charge < -0.3 is 4.90 Å². The van der Waals surface area contributed by atoms with Gasteiger partial charge in [-0.3, -0.25) is 0 Å². The lowest BCUT2D eigenvalue weighted by atomic mass is 9.99. The summed E-state index contributed by atoms with van der Waals surface area (Å²) in [4.78, 5) is 2.27. The van der Waals surface area contributed by atoms with Gasteiger partial charge in [0, 0.05) is 11.9 Å². The zero-order valence-electron chi connectivity index (χ0n) is 7.52. The molecular formula is C9H18ClN. The smallest absolute Gasteiger partial charge is 0.0382 e. The van der Waals surface area contributed by atoms with Crippen LogP contribution in [-0.4, -0.2) is 30.9 Å². The summed E-state index contributed by atoms with van der Waals surface area (Å²) in [6, 6.07) is 0.610. The minimum atomic E-state index is 0.610. The van der Waals surface area contributed by atoms with Crippen molar-refractivity contribution in [2.75, 3.05) is 20.0 Å². The van der Waals surface area contributed by atoms with E-state index in [-0.39, 0.29) is 0 Å². The molecule has 11 heavy (non-hydrogen) atoms. The number of nitrogens with zero attached hydrogens (tertiary/aromatic N) is 1. The fourth-order valence-corrected chi connectivity index (χ4v) is 2.56. The zero-order valence-corrected chi connectivity index (χ0v) is 8.27. The van der Waals surface area contributed by atoms with E-state index < -0.39 is 0 Å². The van der Waals surface area contributed by atoms with Crippen LogP contribution in [0.3, 0.4) is 0 Å². The van der Waals surface area contributed by atoms with Crippen LogP contribution in [0.4, 0.5) is 0 Å². The van der Waals surface area contributed by atoms with Gasteiger partial charge in [0.15, 0.2) is 0 Å². The third kappa shape index (κ3) is 2.34. The van der Waals surface area contributed by atoms with Crippen molar-refractivity contribution in [1.29, 1.82) is 0 Å². The zero-order chi connectivity index (χ0) is 8.27. The normalized spacial score (nSPS) is 22.9. The molecule has 0 spiro atoms. The molecule has 1 nitrogen and oxygen atoms in total. The molecule has 1 fully saturated rings. The molecule has 1 atom stereocenters. The lowest BCUT2D eigenvalue weighted by molar-refractivity contribution is 0.233. The average Bonchev–Trinajstić information content (AvgIpc) is 2.40. The second-order valence-corrected chi connectivity index (χ2v) is 4.04. The van der Waals surface area contributed by atoms with Gasteiger partial charge >= 0.3 is 0 Å². The molecule has 1 aliphatic carbocycles. The molecule has 0 N–H and O–H groups in total. The summed E-state index contributed by atoms with van der Waals surface area (Å²) in [6.45, 7) is 0. The Balaban J connectivity index is 2.40. The molecule has 1 unspecified atom stereocenters. The molecule has 2 heteroatoms. The molecule has 0 radical (unpaired) electrons. The van der Waals surface area contributed by atoms with Crippen LogP contribution in [0.15, 0.2) is 0 Å². The minimum Gasteiger partial charge on any atom is -0.305 e. The Kier molecular flexibility index (Phi) is 3.67. The summed E-state index contributed by atoms with van der Waals surface area (Å²) >= 11 is 5.90. The summed E-state index contributed by atoms with van der Waals surface area (Å²) < 4.78 is 0. The molecule has 1 saturated carbocycles. The number of hydrogen-bond donors (Lipinski definition) is 0. The SMILES string of the molecule is CN(C)C(CCl)C1CCCC1. The van der Waals surface area contributed by atoms with Crippen LogP contribution in [0.5, 0.6) is 0 Å². The quantitative estimate of drug-likeness (QED) is 0.596. The first-order valence-corrected chi connectivity index (χ1v) is 5.01. The Labute approximate surface area is 74.7 Å². The van der Waals surface area contributed by atoms with E-state index in [4.69, 9.17) is 11.6 Å². The first kappa shape index (κ1) is 9.34. The van der Waals surface area contributed by atoms with Crippen molar-refractivity contribution >= 4 is 11.6 Å². The van der Waals surface area contributed by atoms with Gasteiger partial charge in [-0.15, -0.1) is 11.6 Å². The lowest BCUT2D eigenvalue weighted by Crippen LogP contribution is -2.35. The largest absolute Gasteiger partial charge is 0.305 e. The number of hydrogen-bond acceptors (Lipinski definition) is 1. The number of alkyl halides is 1. The maximum absolute atomic E-state index is 5.90. The predicted octanol–water partition coefficient (Wildman–Crippen LogP) is 2.35. The second kappa shape index (κ2) is 4.32. The van der Waals surface area contributed by atoms with E-state index in [9.17, 15) is 0 Å². The van der Waals surface area contributed by atoms with Crippen molar-refractivity contribution in [3.8, 4) is 0 Å². The highest BCUT2D eigenvalue weighted by atomic mass is 35.5. The summed E-state index contributed by atoms with van der Waals surface area (Å²) in [5, 5.41) is 0. The summed E-state index contributed by atoms with van der Waals surface area (Å²) in [5.41, 5.74) is 0. The van der Waals surface area contributed by atoms with Crippen molar-refractivity contribution in [1.82, 2.24) is 4.90 Å². The molecule has 0 heterocycles. The van der Waals surface area contributed by atoms with E-state index in [2.05, 4.69) is 19.0 Å². The fourth-order valence-electron chi connectivity index (χ4n) is 2.03. The highest BCUT2D eigenvalue weighted by Crippen LogP contribution is 2.29. The Morgan fingerprint density at radius 3 is 2.27 bits per heavy atom. The van der Waals surface area contributed by atoms with Crippen LogP contribution in [0, 0.1) is 5.92 Å². The third-order valence-electron chi connectivity index (χ3n) is 2.77. The highest BCUT2D eigenvalue weighted by molar-refractivity contribution is 6.18. The van der Waals surface area contributed by atoms with Gasteiger partial charge in [-0.05, 0) is 32.9 Å². The number of halogens is 1. The van der Waals surface area contributed by atoms with E-state index in [1.165, 1.54) is 25.7 Å². The van der Waals surface area contributed by atoms with Crippen LogP contribution in [0.25, 0.3) is 0 Å². The maximum Gasteiger partial charge on any atom is 0.0382 e. The third-order valence-corrected chi connectivity index (χ3v) is 3.08. The van der Waals surface area contributed by atoms with Crippen LogP contribution < -0.4 is 0 Å². The standard InChI is InChI=1S/C9H18ClN/c1-11(2)9(7-10)8-5-3-4-6-8/h8-9H,3-7H2,1-2H3. The second-order valence-electron chi connectivity index (χ2n) is 3.73. The van der Waals surface area contributed by atoms with Gasteiger partial charge in [-0.25, -0.2) is 0 Å². The first-order valence-electron chi connectivity index (χ1n) is 4.48. The summed E-state index contributed by atoms with van der Waals surface area (Å²) in [6.07, 6.45) is 5.59. The molecule has 0 aliphatic heterocycles. The molecule has 0 saturated heterocycles. The average molecular weight is 176 g/mol. The van der Waals surface area contributed by atoms with Crippen molar-refractivity contribution in [2.24, 2.45) is 5.92 Å². The van der Waals surface area contributed by atoms with Crippen LogP contribution in [0.2, 0.25) is 0 Å². The van der Waals surface area contributed by atoms with Crippen molar-refractivity contribution in [3.63, 3.8) is 0 Å². The van der Waals surface area contributed by atoms with E-state index in [1.54, 1.807) is 0 Å². The summed E-state index contributed by atoms with van der Waals surface area (Å²) in [5.74, 6) is 1.65. The van der Waals surface area contributed by atoms with Gasteiger partial charge in [-0.1, -0.05) is 12.8 Å². The Morgan fingerprint density at radius 1 is 1.36 bits per heavy atom. The minimum absolute atomic E-state index is 0.610. The predicted molar refractivity (Wildman–Crippen MR) is 50.2 cm³/mol. The molecule has 0 amide bonds. The van der Waals surface area contributed by atoms with Gasteiger partial charge in [0.25, 0.3) is 0 Å². The molecule has 0 aromatic heterocycles. The van der Waals surface area contributed by atoms with Gasteiger partial charge in [0.2, 0.25) is 0 Å². The molecule has 0 aromatic carbocycles. The van der Waals surface area contributed by atoms with E-state index in [0.717, 1.165) is 11.8 Å². The molecule has 1 aliphatic rings. The van der Waals surface area contributed by atoms with Crippen molar-refractivity contribution in [2.45, 2.75) is 31.7 Å². The first-order chi connectivity index (χ1) is 5.25. The van der Waals surface area contributed by atoms with Gasteiger partial charge in [0.05, 0.1) is 0 Å². The Bertz CT molecular complexity index is 108. The number of rotatable bonds is 3. The Morgan fingerprint density at radius 2 is 1.91 bits per heavy atom. The van der Waals surface area contributed by atoms with Crippen molar-refractivity contribution in [3.05, 3.63) is 0 Å². The van der Waals surface area contributed by atoms with E-state index in [1.807, 2.05) is 0 Å². The Hall–Kier alpha value is 0.250. The van der Waals surface area contributed by atoms with Crippen LogP contribution in [0.1, 0.15) is 25.7 Å². The van der Waals surface area contributed by atoms with Gasteiger partial charge in [-0.2, -0.15) is 0 Å². The maximum atomic E-state index is 5.90.